The number of nitrogens with zero attached hydrogens (tertiary/aromatic N) is 2. The van der Waals surface area contributed by atoms with Crippen molar-refractivity contribution in [1.29, 1.82) is 5.26 Å². The number of nitrogens with one attached hydrogen (secondary N) is 1. The molecule has 0 radical (unpaired) electrons. The fourth-order valence-corrected chi connectivity index (χ4v) is 4.25. The zero-order valence-electron chi connectivity index (χ0n) is 20.6. The standard InChI is InChI=1S/C31H24N4O3/c1-37-28-15-26-27(16-29(28)38-19-20-7-3-2-4-8-20)34-18-22(17-32)30(26)35-23-13-11-21(12-14-23)24-9-5-6-10-25(24)31(33)36/h2-16,18H,19H2,1H3,(H2,33,36)(H,34,35). The summed E-state index contributed by atoms with van der Waals surface area (Å²) in [5.74, 6) is 0.613. The monoisotopic (exact) mass is 500 g/mol. The van der Waals surface area contributed by atoms with Gasteiger partial charge in [-0.1, -0.05) is 60.7 Å². The van der Waals surface area contributed by atoms with Gasteiger partial charge in [0, 0.05) is 28.9 Å². The Bertz CT molecular complexity index is 1660. The van der Waals surface area contributed by atoms with E-state index in [0.29, 0.717) is 40.4 Å². The van der Waals surface area contributed by atoms with Crippen LogP contribution in [0, 0.1) is 11.3 Å². The van der Waals surface area contributed by atoms with E-state index < -0.39 is 5.91 Å². The van der Waals surface area contributed by atoms with E-state index in [1.165, 1.54) is 6.20 Å². The Morgan fingerprint density at radius 2 is 1.71 bits per heavy atom. The number of pyridine rings is 1. The molecule has 1 amide bonds. The van der Waals surface area contributed by atoms with Gasteiger partial charge < -0.3 is 20.5 Å². The Labute approximate surface area is 220 Å². The van der Waals surface area contributed by atoms with Crippen LogP contribution in [0.4, 0.5) is 11.4 Å². The van der Waals surface area contributed by atoms with Crippen molar-refractivity contribution in [2.75, 3.05) is 12.4 Å². The molecule has 0 saturated heterocycles. The predicted molar refractivity (Wildman–Crippen MR) is 147 cm³/mol. The molecule has 0 aliphatic carbocycles. The van der Waals surface area contributed by atoms with Gasteiger partial charge in [-0.05, 0) is 41.0 Å². The highest BCUT2D eigenvalue weighted by molar-refractivity contribution is 6.00. The molecule has 0 unspecified atom stereocenters. The van der Waals surface area contributed by atoms with Crippen molar-refractivity contribution >= 4 is 28.2 Å². The molecule has 0 aliphatic heterocycles. The molecule has 7 nitrogen and oxygen atoms in total. The van der Waals surface area contributed by atoms with E-state index in [-0.39, 0.29) is 0 Å². The molecule has 5 aromatic rings. The third-order valence-electron chi connectivity index (χ3n) is 6.17. The van der Waals surface area contributed by atoms with E-state index >= 15 is 0 Å². The highest BCUT2D eigenvalue weighted by Gasteiger charge is 2.15. The van der Waals surface area contributed by atoms with Crippen LogP contribution < -0.4 is 20.5 Å². The third kappa shape index (κ3) is 4.97. The lowest BCUT2D eigenvalue weighted by molar-refractivity contribution is 0.100. The van der Waals surface area contributed by atoms with Crippen LogP contribution in [0.1, 0.15) is 21.5 Å². The molecule has 7 heteroatoms. The number of amides is 1. The summed E-state index contributed by atoms with van der Waals surface area (Å²) in [4.78, 5) is 16.3. The van der Waals surface area contributed by atoms with Crippen molar-refractivity contribution in [3.05, 3.63) is 114 Å². The van der Waals surface area contributed by atoms with Crippen molar-refractivity contribution in [1.82, 2.24) is 4.98 Å². The first-order valence-electron chi connectivity index (χ1n) is 11.9. The van der Waals surface area contributed by atoms with E-state index in [9.17, 15) is 10.1 Å². The van der Waals surface area contributed by atoms with Crippen molar-refractivity contribution < 1.29 is 14.3 Å². The Hall–Kier alpha value is -5.35. The Balaban J connectivity index is 1.48. The van der Waals surface area contributed by atoms with Gasteiger partial charge in [-0.15, -0.1) is 0 Å². The summed E-state index contributed by atoms with van der Waals surface area (Å²) in [6.07, 6.45) is 1.54. The van der Waals surface area contributed by atoms with Crippen LogP contribution in [0.5, 0.6) is 11.5 Å². The summed E-state index contributed by atoms with van der Waals surface area (Å²) in [5.41, 5.74) is 11.1. The largest absolute Gasteiger partial charge is 0.493 e. The van der Waals surface area contributed by atoms with Gasteiger partial charge in [-0.3, -0.25) is 9.78 Å². The zero-order chi connectivity index (χ0) is 26.5. The second-order valence-corrected chi connectivity index (χ2v) is 8.57. The molecule has 1 aromatic heterocycles. The van der Waals surface area contributed by atoms with E-state index in [1.807, 2.05) is 78.9 Å². The number of carbonyl (C=O) groups excluding carboxylic acids is 1. The predicted octanol–water partition coefficient (Wildman–Crippen LogP) is 6.20. The van der Waals surface area contributed by atoms with Gasteiger partial charge in [0.1, 0.15) is 12.7 Å². The molecule has 3 N–H and O–H groups in total. The average molecular weight is 501 g/mol. The quantitative estimate of drug-likeness (QED) is 0.262. The van der Waals surface area contributed by atoms with E-state index in [1.54, 1.807) is 19.2 Å². The van der Waals surface area contributed by atoms with Crippen molar-refractivity contribution in [3.8, 4) is 28.7 Å². The number of primary amides is 1. The lowest BCUT2D eigenvalue weighted by Crippen LogP contribution is -2.12. The first-order valence-corrected chi connectivity index (χ1v) is 11.9. The van der Waals surface area contributed by atoms with E-state index in [4.69, 9.17) is 15.2 Å². The fourth-order valence-electron chi connectivity index (χ4n) is 4.25. The second kappa shape index (κ2) is 10.7. The summed E-state index contributed by atoms with van der Waals surface area (Å²) in [6.45, 7) is 0.384. The molecule has 0 atom stereocenters. The first-order chi connectivity index (χ1) is 18.6. The van der Waals surface area contributed by atoms with Gasteiger partial charge >= 0.3 is 0 Å². The third-order valence-corrected chi connectivity index (χ3v) is 6.17. The highest BCUT2D eigenvalue weighted by Crippen LogP contribution is 2.38. The number of methoxy groups -OCH3 is 1. The van der Waals surface area contributed by atoms with Gasteiger partial charge in [0.15, 0.2) is 11.5 Å². The van der Waals surface area contributed by atoms with Crippen molar-refractivity contribution in [2.24, 2.45) is 5.73 Å². The summed E-state index contributed by atoms with van der Waals surface area (Å²) >= 11 is 0. The van der Waals surface area contributed by atoms with E-state index in [0.717, 1.165) is 27.8 Å². The number of carbonyl (C=O) groups is 1. The molecule has 1 heterocycles. The van der Waals surface area contributed by atoms with Crippen molar-refractivity contribution in [3.63, 3.8) is 0 Å². The summed E-state index contributed by atoms with van der Waals surface area (Å²) in [6, 6.07) is 30.5. The van der Waals surface area contributed by atoms with Gasteiger partial charge in [0.2, 0.25) is 5.91 Å². The van der Waals surface area contributed by atoms with Crippen LogP contribution in [0.2, 0.25) is 0 Å². The van der Waals surface area contributed by atoms with Crippen LogP contribution in [0.25, 0.3) is 22.0 Å². The van der Waals surface area contributed by atoms with Gasteiger partial charge in [-0.25, -0.2) is 0 Å². The number of hydrogen-bond donors (Lipinski definition) is 2. The smallest absolute Gasteiger partial charge is 0.249 e. The minimum Gasteiger partial charge on any atom is -0.493 e. The van der Waals surface area contributed by atoms with Crippen LogP contribution >= 0.6 is 0 Å². The van der Waals surface area contributed by atoms with E-state index in [2.05, 4.69) is 16.4 Å². The number of hydrogen-bond acceptors (Lipinski definition) is 6. The second-order valence-electron chi connectivity index (χ2n) is 8.57. The fraction of sp³-hybridized carbons (Fsp3) is 0.0645. The molecule has 186 valence electrons. The number of benzene rings is 4. The SMILES string of the molecule is COc1cc2c(Nc3ccc(-c4ccccc4C(N)=O)cc3)c(C#N)cnc2cc1OCc1ccccc1. The molecular formula is C31H24N4O3. The average Bonchev–Trinajstić information content (AvgIpc) is 2.96. The topological polar surface area (TPSA) is 110 Å². The Morgan fingerprint density at radius 3 is 2.42 bits per heavy atom. The normalized spacial score (nSPS) is 10.5. The molecule has 0 aliphatic rings. The number of nitriles is 1. The molecular weight excluding hydrogens is 476 g/mol. The summed E-state index contributed by atoms with van der Waals surface area (Å²) in [7, 11) is 1.58. The molecule has 0 bridgehead atoms. The molecule has 0 spiro atoms. The van der Waals surface area contributed by atoms with Crippen LogP contribution in [0.3, 0.4) is 0 Å². The van der Waals surface area contributed by atoms with Crippen molar-refractivity contribution in [2.45, 2.75) is 6.61 Å². The lowest BCUT2D eigenvalue weighted by Gasteiger charge is -2.16. The minimum atomic E-state index is -0.481. The Kier molecular flexibility index (Phi) is 6.87. The first kappa shape index (κ1) is 24.3. The van der Waals surface area contributed by atoms with Crippen LogP contribution in [0.15, 0.2) is 97.2 Å². The number of anilines is 2. The number of fused-ring (bicyclic) bond motifs is 1. The number of nitrogens with two attached hydrogens (primary N) is 1. The molecule has 5 rings (SSSR count). The summed E-state index contributed by atoms with van der Waals surface area (Å²) < 4.78 is 11.6. The Morgan fingerprint density at radius 1 is 0.974 bits per heavy atom. The van der Waals surface area contributed by atoms with Gasteiger partial charge in [0.25, 0.3) is 0 Å². The van der Waals surface area contributed by atoms with Gasteiger partial charge in [0.05, 0.1) is 23.9 Å². The maximum absolute atomic E-state index is 11.8. The molecule has 0 fully saturated rings. The highest BCUT2D eigenvalue weighted by atomic mass is 16.5. The molecule has 4 aromatic carbocycles. The van der Waals surface area contributed by atoms with Crippen LogP contribution in [-0.4, -0.2) is 18.0 Å². The molecule has 0 saturated carbocycles. The maximum atomic E-state index is 11.8. The number of ether oxygens (including phenoxy) is 2. The molecule has 38 heavy (non-hydrogen) atoms. The zero-order valence-corrected chi connectivity index (χ0v) is 20.6. The summed E-state index contributed by atoms with van der Waals surface area (Å²) in [5, 5.41) is 13.9. The van der Waals surface area contributed by atoms with Gasteiger partial charge in [-0.2, -0.15) is 5.26 Å². The minimum absolute atomic E-state index is 0.384. The lowest BCUT2D eigenvalue weighted by atomic mass is 9.99. The van der Waals surface area contributed by atoms with Crippen LogP contribution in [-0.2, 0) is 6.61 Å². The number of rotatable bonds is 8. The maximum Gasteiger partial charge on any atom is 0.249 e. The number of aromatic nitrogens is 1.